The number of amides is 1. The number of benzene rings is 2. The smallest absolute Gasteiger partial charge is 0.320 e. The molecule has 1 saturated heterocycles. The van der Waals surface area contributed by atoms with E-state index in [0.717, 1.165) is 22.3 Å². The summed E-state index contributed by atoms with van der Waals surface area (Å²) in [5, 5.41) is 0. The number of carbonyl (C=O) groups excluding carboxylic acids is 3. The minimum Gasteiger partial charge on any atom is -0.460 e. The number of esters is 1. The van der Waals surface area contributed by atoms with Crippen molar-refractivity contribution in [1.29, 1.82) is 0 Å². The van der Waals surface area contributed by atoms with Crippen molar-refractivity contribution in [3.8, 4) is 0 Å². The van der Waals surface area contributed by atoms with Gasteiger partial charge in [-0.05, 0) is 43.9 Å². The van der Waals surface area contributed by atoms with Crippen molar-refractivity contribution >= 4 is 17.7 Å². The van der Waals surface area contributed by atoms with Gasteiger partial charge in [0, 0.05) is 31.7 Å². The Hall–Kier alpha value is -2.99. The molecule has 1 fully saturated rings. The highest BCUT2D eigenvalue weighted by Gasteiger charge is 2.28. The normalized spacial score (nSPS) is 14.7. The van der Waals surface area contributed by atoms with Crippen molar-refractivity contribution in [2.75, 3.05) is 32.7 Å². The maximum Gasteiger partial charge on any atom is 0.320 e. The Bertz CT molecular complexity index is 932. The Morgan fingerprint density at radius 1 is 0.903 bits per heavy atom. The van der Waals surface area contributed by atoms with Crippen LogP contribution in [0.3, 0.4) is 0 Å². The molecule has 164 valence electrons. The molecule has 2 aromatic rings. The Morgan fingerprint density at radius 3 is 2.26 bits per heavy atom. The van der Waals surface area contributed by atoms with Gasteiger partial charge in [0.15, 0.2) is 0 Å². The molecule has 0 saturated carbocycles. The number of carbonyl (C=O) groups is 3. The minimum atomic E-state index is -0.469. The van der Waals surface area contributed by atoms with Crippen molar-refractivity contribution in [3.63, 3.8) is 0 Å². The van der Waals surface area contributed by atoms with Gasteiger partial charge in [0.1, 0.15) is 6.61 Å². The lowest BCUT2D eigenvalue weighted by Gasteiger charge is -2.21. The summed E-state index contributed by atoms with van der Waals surface area (Å²) < 4.78 is 5.36. The van der Waals surface area contributed by atoms with E-state index >= 15 is 0 Å². The number of rotatable bonds is 6. The van der Waals surface area contributed by atoms with Crippen molar-refractivity contribution < 1.29 is 19.1 Å². The molecule has 0 radical (unpaired) electrons. The topological polar surface area (TPSA) is 66.9 Å². The molecule has 0 atom stereocenters. The second-order valence-electron chi connectivity index (χ2n) is 8.17. The van der Waals surface area contributed by atoms with E-state index in [1.54, 1.807) is 4.90 Å². The zero-order chi connectivity index (χ0) is 22.4. The molecule has 31 heavy (non-hydrogen) atoms. The quantitative estimate of drug-likeness (QED) is 0.407. The summed E-state index contributed by atoms with van der Waals surface area (Å²) in [5.74, 6) is -1.21. The van der Waals surface area contributed by atoms with Crippen LogP contribution in [0.25, 0.3) is 0 Å². The minimum absolute atomic E-state index is 0.180. The van der Waals surface area contributed by atoms with Crippen LogP contribution < -0.4 is 0 Å². The van der Waals surface area contributed by atoms with Gasteiger partial charge in [0.25, 0.3) is 11.7 Å². The molecule has 6 nitrogen and oxygen atoms in total. The molecule has 0 bridgehead atoms. The number of ether oxygens (including phenoxy) is 1. The van der Waals surface area contributed by atoms with Crippen LogP contribution in [0, 0.1) is 20.8 Å². The molecular weight excluding hydrogens is 392 g/mol. The first-order valence-corrected chi connectivity index (χ1v) is 10.7. The second-order valence-corrected chi connectivity index (χ2v) is 8.17. The Kier molecular flexibility index (Phi) is 7.58. The van der Waals surface area contributed by atoms with E-state index in [1.807, 2.05) is 68.1 Å². The monoisotopic (exact) mass is 422 g/mol. The molecule has 0 unspecified atom stereocenters. The SMILES string of the molecule is Cc1cc(C)c(C(=O)C(=O)N2CCCN(CC(=O)OCc3ccccc3)CC2)c(C)c1. The van der Waals surface area contributed by atoms with E-state index < -0.39 is 11.7 Å². The second kappa shape index (κ2) is 10.4. The van der Waals surface area contributed by atoms with Crippen molar-refractivity contribution in [1.82, 2.24) is 9.80 Å². The predicted molar refractivity (Wildman–Crippen MR) is 119 cm³/mol. The van der Waals surface area contributed by atoms with Gasteiger partial charge >= 0.3 is 5.97 Å². The molecular formula is C25H30N2O4. The fraction of sp³-hybridized carbons (Fsp3) is 0.400. The maximum absolute atomic E-state index is 12.9. The number of Topliss-reactive ketones (excluding diaryl/α,β-unsaturated/α-hetero) is 1. The van der Waals surface area contributed by atoms with Crippen LogP contribution in [0.15, 0.2) is 42.5 Å². The molecule has 6 heteroatoms. The van der Waals surface area contributed by atoms with Crippen LogP contribution in [0.4, 0.5) is 0 Å². The summed E-state index contributed by atoms with van der Waals surface area (Å²) in [6, 6.07) is 13.4. The van der Waals surface area contributed by atoms with E-state index in [-0.39, 0.29) is 19.1 Å². The fourth-order valence-corrected chi connectivity index (χ4v) is 4.09. The van der Waals surface area contributed by atoms with E-state index in [0.29, 0.717) is 38.2 Å². The van der Waals surface area contributed by atoms with Gasteiger partial charge in [-0.1, -0.05) is 48.0 Å². The zero-order valence-corrected chi connectivity index (χ0v) is 18.5. The van der Waals surface area contributed by atoms with E-state index in [1.165, 1.54) is 0 Å². The summed E-state index contributed by atoms with van der Waals surface area (Å²) in [7, 11) is 0. The van der Waals surface area contributed by atoms with Gasteiger partial charge in [-0.2, -0.15) is 0 Å². The van der Waals surface area contributed by atoms with E-state index in [2.05, 4.69) is 0 Å². The summed E-state index contributed by atoms with van der Waals surface area (Å²) in [5.41, 5.74) is 4.18. The molecule has 1 amide bonds. The average Bonchev–Trinajstić information content (AvgIpc) is 2.97. The maximum atomic E-state index is 12.9. The van der Waals surface area contributed by atoms with Crippen LogP contribution in [-0.2, 0) is 20.9 Å². The van der Waals surface area contributed by atoms with Crippen LogP contribution in [0.1, 0.15) is 39.0 Å². The summed E-state index contributed by atoms with van der Waals surface area (Å²) in [4.78, 5) is 41.6. The van der Waals surface area contributed by atoms with Crippen molar-refractivity contribution in [3.05, 3.63) is 70.3 Å². The molecule has 3 rings (SSSR count). The number of hydrogen-bond acceptors (Lipinski definition) is 5. The molecule has 0 aliphatic carbocycles. The highest BCUT2D eigenvalue weighted by Crippen LogP contribution is 2.18. The third-order valence-corrected chi connectivity index (χ3v) is 5.57. The molecule has 2 aromatic carbocycles. The summed E-state index contributed by atoms with van der Waals surface area (Å²) >= 11 is 0. The highest BCUT2D eigenvalue weighted by molar-refractivity contribution is 6.43. The first-order valence-electron chi connectivity index (χ1n) is 10.7. The van der Waals surface area contributed by atoms with Gasteiger partial charge < -0.3 is 9.64 Å². The first-order chi connectivity index (χ1) is 14.8. The van der Waals surface area contributed by atoms with Gasteiger partial charge in [0.05, 0.1) is 6.54 Å². The van der Waals surface area contributed by atoms with Crippen molar-refractivity contribution in [2.45, 2.75) is 33.8 Å². The lowest BCUT2D eigenvalue weighted by molar-refractivity contribution is -0.146. The van der Waals surface area contributed by atoms with Gasteiger partial charge in [-0.15, -0.1) is 0 Å². The molecule has 1 aliphatic rings. The van der Waals surface area contributed by atoms with Gasteiger partial charge in [-0.3, -0.25) is 19.3 Å². The molecule has 0 spiro atoms. The molecule has 1 aliphatic heterocycles. The summed E-state index contributed by atoms with van der Waals surface area (Å²) in [6.45, 7) is 8.28. The molecule has 1 heterocycles. The van der Waals surface area contributed by atoms with Gasteiger partial charge in [0.2, 0.25) is 0 Å². The fourth-order valence-electron chi connectivity index (χ4n) is 4.09. The summed E-state index contributed by atoms with van der Waals surface area (Å²) in [6.07, 6.45) is 0.705. The third-order valence-electron chi connectivity index (χ3n) is 5.57. The van der Waals surface area contributed by atoms with Crippen LogP contribution in [0.2, 0.25) is 0 Å². The van der Waals surface area contributed by atoms with Crippen LogP contribution in [-0.4, -0.2) is 60.2 Å². The first kappa shape index (κ1) is 22.7. The number of ketones is 1. The Labute approximate surface area is 183 Å². The molecule has 0 aromatic heterocycles. The number of hydrogen-bond donors (Lipinski definition) is 0. The average molecular weight is 423 g/mol. The van der Waals surface area contributed by atoms with E-state index in [4.69, 9.17) is 4.74 Å². The van der Waals surface area contributed by atoms with Crippen LogP contribution in [0.5, 0.6) is 0 Å². The largest absolute Gasteiger partial charge is 0.460 e. The standard InChI is InChI=1S/C25H30N2O4/c1-18-14-19(2)23(20(3)15-18)24(29)25(30)27-11-7-10-26(12-13-27)16-22(28)31-17-21-8-5-4-6-9-21/h4-6,8-9,14-15H,7,10-13,16-17H2,1-3H3. The third kappa shape index (κ3) is 6.01. The Balaban J connectivity index is 1.54. The van der Waals surface area contributed by atoms with E-state index in [9.17, 15) is 14.4 Å². The van der Waals surface area contributed by atoms with Crippen molar-refractivity contribution in [2.24, 2.45) is 0 Å². The number of aryl methyl sites for hydroxylation is 3. The molecule has 0 N–H and O–H groups in total. The van der Waals surface area contributed by atoms with Crippen LogP contribution >= 0.6 is 0 Å². The predicted octanol–water partition coefficient (Wildman–Crippen LogP) is 3.07. The zero-order valence-electron chi connectivity index (χ0n) is 18.5. The lowest BCUT2D eigenvalue weighted by atomic mass is 9.96. The number of nitrogens with zero attached hydrogens (tertiary/aromatic N) is 2. The highest BCUT2D eigenvalue weighted by atomic mass is 16.5. The lowest BCUT2D eigenvalue weighted by Crippen LogP contribution is -2.40. The van der Waals surface area contributed by atoms with Gasteiger partial charge in [-0.25, -0.2) is 0 Å². The Morgan fingerprint density at radius 2 is 1.58 bits per heavy atom.